The van der Waals surface area contributed by atoms with Crippen LogP contribution in [0.15, 0.2) is 47.4 Å². The number of carbonyl (C=O) groups excluding carboxylic acids is 1. The van der Waals surface area contributed by atoms with Gasteiger partial charge in [0.2, 0.25) is 0 Å². The Balaban J connectivity index is 1.73. The third-order valence-electron chi connectivity index (χ3n) is 5.06. The summed E-state index contributed by atoms with van der Waals surface area (Å²) in [5.41, 5.74) is 4.77. The van der Waals surface area contributed by atoms with Crippen LogP contribution >= 0.6 is 35.6 Å². The Morgan fingerprint density at radius 2 is 1.94 bits per heavy atom. The molecule has 0 spiro atoms. The molecule has 0 saturated carbocycles. The summed E-state index contributed by atoms with van der Waals surface area (Å²) in [6, 6.07) is 12.2. The molecule has 6 nitrogen and oxygen atoms in total. The molecular weight excluding hydrogens is 466 g/mol. The lowest BCUT2D eigenvalue weighted by atomic mass is 10.1. The summed E-state index contributed by atoms with van der Waals surface area (Å²) in [6.07, 6.45) is 1.69. The molecule has 162 valence electrons. The number of rotatable bonds is 4. The molecule has 2 aromatic carbocycles. The molecule has 1 aliphatic heterocycles. The molecule has 1 N–H and O–H groups in total. The molecule has 0 aliphatic carbocycles. The van der Waals surface area contributed by atoms with E-state index < -0.39 is 5.97 Å². The number of carboxylic acid groups (broad SMARTS) is 1. The molecule has 1 aromatic heterocycles. The number of aryl methyl sites for hydroxylation is 3. The Morgan fingerprint density at radius 1 is 1.19 bits per heavy atom. The monoisotopic (exact) mass is 483 g/mol. The fourth-order valence-electron chi connectivity index (χ4n) is 3.38. The van der Waals surface area contributed by atoms with Crippen molar-refractivity contribution in [2.45, 2.75) is 20.8 Å². The van der Waals surface area contributed by atoms with E-state index in [0.29, 0.717) is 31.3 Å². The van der Waals surface area contributed by atoms with Crippen LogP contribution in [0, 0.1) is 20.8 Å². The third kappa shape index (κ3) is 3.97. The van der Waals surface area contributed by atoms with Crippen LogP contribution in [0.1, 0.15) is 32.7 Å². The Hall–Kier alpha value is -2.94. The molecule has 3 aromatic rings. The average Bonchev–Trinajstić information content (AvgIpc) is 3.19. The second-order valence-electron chi connectivity index (χ2n) is 7.36. The quantitative estimate of drug-likeness (QED) is 0.387. The largest absolute Gasteiger partial charge is 0.478 e. The van der Waals surface area contributed by atoms with E-state index >= 15 is 0 Å². The smallest absolute Gasteiger partial charge is 0.335 e. The van der Waals surface area contributed by atoms with Crippen molar-refractivity contribution in [3.63, 3.8) is 0 Å². The van der Waals surface area contributed by atoms with Gasteiger partial charge in [0.15, 0.2) is 4.32 Å². The number of hydrogen-bond donors (Lipinski definition) is 1. The van der Waals surface area contributed by atoms with Crippen molar-refractivity contribution in [3.8, 4) is 5.69 Å². The van der Waals surface area contributed by atoms with Gasteiger partial charge in [-0.3, -0.25) is 9.69 Å². The Morgan fingerprint density at radius 3 is 2.66 bits per heavy atom. The van der Waals surface area contributed by atoms with Crippen molar-refractivity contribution in [1.82, 2.24) is 9.78 Å². The maximum atomic E-state index is 13.1. The van der Waals surface area contributed by atoms with Crippen molar-refractivity contribution in [2.24, 2.45) is 0 Å². The van der Waals surface area contributed by atoms with Gasteiger partial charge in [-0.2, -0.15) is 5.10 Å². The lowest BCUT2D eigenvalue weighted by Crippen LogP contribution is -2.27. The minimum atomic E-state index is -1.07. The van der Waals surface area contributed by atoms with Crippen LogP contribution in [0.2, 0.25) is 5.15 Å². The molecule has 0 atom stereocenters. The Bertz CT molecular complexity index is 1330. The number of halogens is 1. The molecule has 9 heteroatoms. The number of aromatic carboxylic acids is 1. The number of hydrogen-bond acceptors (Lipinski definition) is 5. The maximum absolute atomic E-state index is 13.1. The highest BCUT2D eigenvalue weighted by molar-refractivity contribution is 8.27. The van der Waals surface area contributed by atoms with Gasteiger partial charge in [-0.25, -0.2) is 9.48 Å². The number of thioether (sulfide) groups is 1. The highest BCUT2D eigenvalue weighted by Gasteiger charge is 2.34. The number of nitrogens with zero attached hydrogens (tertiary/aromatic N) is 3. The van der Waals surface area contributed by atoms with Crippen LogP contribution in [0.25, 0.3) is 11.8 Å². The van der Waals surface area contributed by atoms with Gasteiger partial charge in [-0.05, 0) is 62.2 Å². The standard InChI is InChI=1S/C23H18ClN3O3S2/c1-12-7-8-13(2)18(9-12)27-20(24)17(14(3)25-27)11-19-21(28)26(23(31)32-19)16-6-4-5-15(10-16)22(29)30/h4-11H,1-3H3,(H,29,30). The maximum Gasteiger partial charge on any atom is 0.335 e. The molecule has 1 fully saturated rings. The molecular formula is C23H18ClN3O3S2. The topological polar surface area (TPSA) is 75.4 Å². The van der Waals surface area contributed by atoms with Gasteiger partial charge in [0.1, 0.15) is 5.15 Å². The molecule has 0 bridgehead atoms. The predicted molar refractivity (Wildman–Crippen MR) is 132 cm³/mol. The van der Waals surface area contributed by atoms with Gasteiger partial charge in [0, 0.05) is 5.56 Å². The predicted octanol–water partition coefficient (Wildman–Crippen LogP) is 5.55. The minimum absolute atomic E-state index is 0.0780. The number of benzene rings is 2. The summed E-state index contributed by atoms with van der Waals surface area (Å²) in [5, 5.41) is 14.2. The second kappa shape index (κ2) is 8.54. The van der Waals surface area contributed by atoms with Crippen LogP contribution in [-0.4, -0.2) is 31.1 Å². The van der Waals surface area contributed by atoms with Crippen LogP contribution in [0.4, 0.5) is 5.69 Å². The first-order valence-corrected chi connectivity index (χ1v) is 11.2. The van der Waals surface area contributed by atoms with Crippen LogP contribution in [0.5, 0.6) is 0 Å². The first kappa shape index (κ1) is 22.3. The molecule has 2 heterocycles. The minimum Gasteiger partial charge on any atom is -0.478 e. The second-order valence-corrected chi connectivity index (χ2v) is 9.40. The van der Waals surface area contributed by atoms with Crippen molar-refractivity contribution in [3.05, 3.63) is 80.5 Å². The van der Waals surface area contributed by atoms with Crippen molar-refractivity contribution in [2.75, 3.05) is 4.90 Å². The third-order valence-corrected chi connectivity index (χ3v) is 6.73. The normalized spacial score (nSPS) is 15.1. The molecule has 4 rings (SSSR count). The zero-order valence-corrected chi connectivity index (χ0v) is 19.8. The summed E-state index contributed by atoms with van der Waals surface area (Å²) in [5.74, 6) is -1.41. The van der Waals surface area contributed by atoms with Gasteiger partial charge in [-0.15, -0.1) is 0 Å². The molecule has 0 radical (unpaired) electrons. The first-order valence-electron chi connectivity index (χ1n) is 9.61. The van der Waals surface area contributed by atoms with Gasteiger partial charge < -0.3 is 5.11 Å². The van der Waals surface area contributed by atoms with E-state index in [2.05, 4.69) is 5.10 Å². The number of carbonyl (C=O) groups is 2. The first-order chi connectivity index (χ1) is 15.2. The Labute approximate surface area is 199 Å². The summed E-state index contributed by atoms with van der Waals surface area (Å²) in [6.45, 7) is 5.81. The fraction of sp³-hybridized carbons (Fsp3) is 0.130. The highest BCUT2D eigenvalue weighted by atomic mass is 35.5. The van der Waals surface area contributed by atoms with E-state index in [0.717, 1.165) is 28.6 Å². The van der Waals surface area contributed by atoms with Gasteiger partial charge in [0.05, 0.1) is 27.5 Å². The van der Waals surface area contributed by atoms with Gasteiger partial charge in [-0.1, -0.05) is 53.8 Å². The van der Waals surface area contributed by atoms with E-state index in [4.69, 9.17) is 23.8 Å². The van der Waals surface area contributed by atoms with Crippen LogP contribution < -0.4 is 4.90 Å². The fourth-order valence-corrected chi connectivity index (χ4v) is 4.98. The SMILES string of the molecule is Cc1ccc(C)c(-n2nc(C)c(C=C3SC(=S)N(c4cccc(C(=O)O)c4)C3=O)c2Cl)c1. The van der Waals surface area contributed by atoms with Crippen molar-refractivity contribution in [1.29, 1.82) is 0 Å². The lowest BCUT2D eigenvalue weighted by Gasteiger charge is -2.14. The van der Waals surface area contributed by atoms with E-state index in [1.54, 1.807) is 22.9 Å². The van der Waals surface area contributed by atoms with E-state index in [1.807, 2.05) is 39.0 Å². The van der Waals surface area contributed by atoms with E-state index in [1.165, 1.54) is 17.0 Å². The van der Waals surface area contributed by atoms with Gasteiger partial charge >= 0.3 is 5.97 Å². The molecule has 1 saturated heterocycles. The van der Waals surface area contributed by atoms with E-state index in [-0.39, 0.29) is 11.5 Å². The average molecular weight is 484 g/mol. The summed E-state index contributed by atoms with van der Waals surface area (Å²) in [7, 11) is 0. The Kier molecular flexibility index (Phi) is 5.94. The number of aromatic nitrogens is 2. The number of amides is 1. The molecule has 1 aliphatic rings. The lowest BCUT2D eigenvalue weighted by molar-refractivity contribution is -0.113. The number of thiocarbonyl (C=S) groups is 1. The summed E-state index contributed by atoms with van der Waals surface area (Å²) in [4.78, 5) is 26.2. The molecule has 32 heavy (non-hydrogen) atoms. The zero-order valence-electron chi connectivity index (χ0n) is 17.4. The highest BCUT2D eigenvalue weighted by Crippen LogP contribution is 2.38. The summed E-state index contributed by atoms with van der Waals surface area (Å²) < 4.78 is 1.99. The number of carboxylic acids is 1. The molecule has 1 amide bonds. The van der Waals surface area contributed by atoms with Crippen LogP contribution in [-0.2, 0) is 4.79 Å². The molecule has 0 unspecified atom stereocenters. The van der Waals surface area contributed by atoms with Gasteiger partial charge in [0.25, 0.3) is 5.91 Å². The zero-order chi connectivity index (χ0) is 23.2. The summed E-state index contributed by atoms with van der Waals surface area (Å²) >= 11 is 13.2. The van der Waals surface area contributed by atoms with Crippen molar-refractivity contribution >= 4 is 63.5 Å². The van der Waals surface area contributed by atoms with Crippen LogP contribution in [0.3, 0.4) is 0 Å². The number of anilines is 1. The van der Waals surface area contributed by atoms with Crippen molar-refractivity contribution < 1.29 is 14.7 Å². The van der Waals surface area contributed by atoms with E-state index in [9.17, 15) is 14.7 Å².